The third-order valence-corrected chi connectivity index (χ3v) is 8.58. The van der Waals surface area contributed by atoms with E-state index in [4.69, 9.17) is 0 Å². The van der Waals surface area contributed by atoms with E-state index < -0.39 is 20.0 Å². The normalized spacial score (nSPS) is 17.6. The second-order valence-corrected chi connectivity index (χ2v) is 11.1. The van der Waals surface area contributed by atoms with Crippen molar-refractivity contribution in [2.45, 2.75) is 25.2 Å². The van der Waals surface area contributed by atoms with E-state index in [1.165, 1.54) is 15.6 Å². The largest absolute Gasteiger partial charge is 0.242 e. The summed E-state index contributed by atoms with van der Waals surface area (Å²) in [6, 6.07) is 5.21. The Morgan fingerprint density at radius 3 is 2.69 bits per heavy atom. The minimum Gasteiger partial charge on any atom is -0.242 e. The van der Waals surface area contributed by atoms with Gasteiger partial charge in [0.05, 0.1) is 21.3 Å². The lowest BCUT2D eigenvalue weighted by molar-refractivity contribution is 0.444. The molecule has 0 radical (unpaired) electrons. The zero-order valence-electron chi connectivity index (χ0n) is 14.6. The summed E-state index contributed by atoms with van der Waals surface area (Å²) in [6.45, 7) is 4.26. The van der Waals surface area contributed by atoms with Gasteiger partial charge < -0.3 is 0 Å². The number of nitrogens with zero attached hydrogens (tertiary/aromatic N) is 2. The number of aromatic nitrogens is 1. The van der Waals surface area contributed by atoms with Crippen LogP contribution in [0.25, 0.3) is 11.3 Å². The molecule has 26 heavy (non-hydrogen) atoms. The summed E-state index contributed by atoms with van der Waals surface area (Å²) < 4.78 is 52.8. The van der Waals surface area contributed by atoms with Crippen molar-refractivity contribution in [3.8, 4) is 11.3 Å². The third kappa shape index (κ3) is 4.15. The molecule has 1 aliphatic heterocycles. The fourth-order valence-electron chi connectivity index (χ4n) is 2.87. The Balaban J connectivity index is 1.76. The topological polar surface area (TPSA) is 96.4 Å². The first-order valence-corrected chi connectivity index (χ1v) is 12.2. The quantitative estimate of drug-likeness (QED) is 0.775. The number of sulfonamides is 2. The molecule has 1 N–H and O–H groups in total. The summed E-state index contributed by atoms with van der Waals surface area (Å²) in [6.07, 6.45) is 0.587. The molecule has 1 saturated heterocycles. The van der Waals surface area contributed by atoms with Crippen molar-refractivity contribution in [3.63, 3.8) is 0 Å². The van der Waals surface area contributed by atoms with E-state index in [2.05, 4.69) is 9.71 Å². The maximum atomic E-state index is 12.7. The molecule has 1 aliphatic rings. The highest BCUT2D eigenvalue weighted by atomic mass is 32.2. The lowest BCUT2D eigenvalue weighted by atomic mass is 10.1. The number of nitrogens with one attached hydrogen (secondary N) is 1. The predicted molar refractivity (Wildman–Crippen MR) is 102 cm³/mol. The third-order valence-electron chi connectivity index (χ3n) is 4.25. The van der Waals surface area contributed by atoms with Crippen LogP contribution in [0.1, 0.15) is 17.0 Å². The maximum absolute atomic E-state index is 12.7. The van der Waals surface area contributed by atoms with Crippen LogP contribution in [0.5, 0.6) is 0 Å². The van der Waals surface area contributed by atoms with E-state index in [0.717, 1.165) is 16.3 Å². The lowest BCUT2D eigenvalue weighted by Crippen LogP contribution is -2.36. The number of thiazole rings is 1. The highest BCUT2D eigenvalue weighted by molar-refractivity contribution is 7.89. The van der Waals surface area contributed by atoms with Gasteiger partial charge in [-0.25, -0.2) is 30.8 Å². The van der Waals surface area contributed by atoms with Gasteiger partial charge in [-0.3, -0.25) is 0 Å². The molecule has 1 fully saturated rings. The van der Waals surface area contributed by atoms with Gasteiger partial charge in [-0.1, -0.05) is 12.1 Å². The molecular weight excluding hydrogens is 394 g/mol. The van der Waals surface area contributed by atoms with Gasteiger partial charge in [0.15, 0.2) is 0 Å². The SMILES string of the molecule is Cc1nc(-c2ccc(C)c(S(=O)(=O)NCCN3CCCS3(=O)=O)c2)cs1. The van der Waals surface area contributed by atoms with Gasteiger partial charge in [-0.05, 0) is 31.9 Å². The first-order valence-electron chi connectivity index (χ1n) is 8.20. The number of hydrogen-bond donors (Lipinski definition) is 1. The van der Waals surface area contributed by atoms with Crippen LogP contribution in [0.15, 0.2) is 28.5 Å². The first kappa shape index (κ1) is 19.4. The summed E-state index contributed by atoms with van der Waals surface area (Å²) in [4.78, 5) is 4.58. The molecule has 3 rings (SSSR count). The van der Waals surface area contributed by atoms with Gasteiger partial charge in [-0.2, -0.15) is 0 Å². The lowest BCUT2D eigenvalue weighted by Gasteiger charge is -2.15. The Kier molecular flexibility index (Phi) is 5.50. The van der Waals surface area contributed by atoms with Crippen LogP contribution >= 0.6 is 11.3 Å². The van der Waals surface area contributed by atoms with Crippen LogP contribution < -0.4 is 4.72 Å². The summed E-state index contributed by atoms with van der Waals surface area (Å²) in [5, 5.41) is 2.80. The molecule has 0 unspecified atom stereocenters. The summed E-state index contributed by atoms with van der Waals surface area (Å²) >= 11 is 1.51. The molecular formula is C16H21N3O4S3. The van der Waals surface area contributed by atoms with Crippen molar-refractivity contribution < 1.29 is 16.8 Å². The molecule has 0 atom stereocenters. The molecule has 2 heterocycles. The molecule has 2 aromatic rings. The van der Waals surface area contributed by atoms with E-state index >= 15 is 0 Å². The van der Waals surface area contributed by atoms with Crippen molar-refractivity contribution >= 4 is 31.4 Å². The van der Waals surface area contributed by atoms with E-state index in [1.54, 1.807) is 19.1 Å². The van der Waals surface area contributed by atoms with Crippen molar-refractivity contribution in [2.24, 2.45) is 0 Å². The fourth-order valence-corrected chi connectivity index (χ4v) is 6.31. The minimum atomic E-state index is -3.74. The van der Waals surface area contributed by atoms with Crippen molar-refractivity contribution in [1.29, 1.82) is 0 Å². The average Bonchev–Trinajstić information content (AvgIpc) is 3.13. The summed E-state index contributed by atoms with van der Waals surface area (Å²) in [5.41, 5.74) is 2.11. The van der Waals surface area contributed by atoms with Gasteiger partial charge in [-0.15, -0.1) is 11.3 Å². The van der Waals surface area contributed by atoms with E-state index in [9.17, 15) is 16.8 Å². The van der Waals surface area contributed by atoms with Gasteiger partial charge in [0.25, 0.3) is 0 Å². The van der Waals surface area contributed by atoms with Crippen LogP contribution in [-0.2, 0) is 20.0 Å². The Morgan fingerprint density at radius 1 is 1.31 bits per heavy atom. The van der Waals surface area contributed by atoms with E-state index in [0.29, 0.717) is 18.5 Å². The zero-order valence-corrected chi connectivity index (χ0v) is 17.0. The van der Waals surface area contributed by atoms with Crippen LogP contribution in [0, 0.1) is 13.8 Å². The number of rotatable bonds is 6. The molecule has 7 nitrogen and oxygen atoms in total. The average molecular weight is 416 g/mol. The smallest absolute Gasteiger partial charge is 0.240 e. The highest BCUT2D eigenvalue weighted by Gasteiger charge is 2.28. The molecule has 10 heteroatoms. The van der Waals surface area contributed by atoms with E-state index in [1.807, 2.05) is 18.4 Å². The summed E-state index contributed by atoms with van der Waals surface area (Å²) in [7, 11) is -6.97. The highest BCUT2D eigenvalue weighted by Crippen LogP contribution is 2.26. The van der Waals surface area contributed by atoms with Gasteiger partial charge >= 0.3 is 0 Å². The zero-order chi connectivity index (χ0) is 18.9. The van der Waals surface area contributed by atoms with Crippen LogP contribution in [-0.4, -0.2) is 51.5 Å². The fraction of sp³-hybridized carbons (Fsp3) is 0.438. The molecule has 142 valence electrons. The van der Waals surface area contributed by atoms with Crippen molar-refractivity contribution in [2.75, 3.05) is 25.4 Å². The van der Waals surface area contributed by atoms with Crippen molar-refractivity contribution in [3.05, 3.63) is 34.2 Å². The number of benzene rings is 1. The second kappa shape index (κ2) is 7.35. The molecule has 0 saturated carbocycles. The predicted octanol–water partition coefficient (Wildman–Crippen LogP) is 1.74. The van der Waals surface area contributed by atoms with Gasteiger partial charge in [0.1, 0.15) is 0 Å². The second-order valence-electron chi connectivity index (χ2n) is 6.20. The molecule has 0 aliphatic carbocycles. The Bertz CT molecular complexity index is 1010. The number of hydrogen-bond acceptors (Lipinski definition) is 6. The first-order chi connectivity index (χ1) is 12.2. The molecule has 1 aromatic heterocycles. The van der Waals surface area contributed by atoms with E-state index in [-0.39, 0.29) is 23.7 Å². The molecule has 0 amide bonds. The minimum absolute atomic E-state index is 0.0427. The Morgan fingerprint density at radius 2 is 2.08 bits per heavy atom. The van der Waals surface area contributed by atoms with Gasteiger partial charge in [0.2, 0.25) is 20.0 Å². The van der Waals surface area contributed by atoms with Crippen molar-refractivity contribution in [1.82, 2.24) is 14.0 Å². The molecule has 0 bridgehead atoms. The molecule has 1 aromatic carbocycles. The Hall–Kier alpha value is -1.33. The summed E-state index contributed by atoms with van der Waals surface area (Å²) in [5.74, 6) is 0.133. The Labute approximate surface area is 158 Å². The standard InChI is InChI=1S/C16H21N3O4S3/c1-12-4-5-14(15-11-24-13(2)18-15)10-16(12)26(22,23)17-6-8-19-7-3-9-25(19,20)21/h4-5,10-11,17H,3,6-9H2,1-2H3. The number of aryl methyl sites for hydroxylation is 2. The van der Waals surface area contributed by atoms with Gasteiger partial charge in [0, 0.05) is 30.6 Å². The van der Waals surface area contributed by atoms with Crippen LogP contribution in [0.3, 0.4) is 0 Å². The monoisotopic (exact) mass is 415 g/mol. The van der Waals surface area contributed by atoms with Crippen LogP contribution in [0.4, 0.5) is 0 Å². The molecule has 0 spiro atoms. The van der Waals surface area contributed by atoms with Crippen LogP contribution in [0.2, 0.25) is 0 Å². The maximum Gasteiger partial charge on any atom is 0.240 e.